The van der Waals surface area contributed by atoms with Crippen LogP contribution in [-0.2, 0) is 15.6 Å². The van der Waals surface area contributed by atoms with Crippen LogP contribution in [0.5, 0.6) is 0 Å². The van der Waals surface area contributed by atoms with Crippen molar-refractivity contribution in [2.24, 2.45) is 0 Å². The van der Waals surface area contributed by atoms with Gasteiger partial charge in [0.2, 0.25) is 0 Å². The van der Waals surface area contributed by atoms with E-state index in [4.69, 9.17) is 0 Å². The lowest BCUT2D eigenvalue weighted by molar-refractivity contribution is 0.597. The molecule has 0 amide bonds. The van der Waals surface area contributed by atoms with Gasteiger partial charge in [-0.15, -0.1) is 11.3 Å². The predicted octanol–water partition coefficient (Wildman–Crippen LogP) is 3.60. The standard InChI is InChI=1S/C11H11BrO2S2/c1-2-16(13,14)7-10-5-8-3-4-9(12)6-11(8)15-10/h3-6H,2,7H2,1H3. The molecule has 0 aliphatic heterocycles. The summed E-state index contributed by atoms with van der Waals surface area (Å²) in [7, 11) is -2.93. The van der Waals surface area contributed by atoms with E-state index in [0.717, 1.165) is 19.4 Å². The summed E-state index contributed by atoms with van der Waals surface area (Å²) in [5, 5.41) is 1.11. The van der Waals surface area contributed by atoms with Gasteiger partial charge in [0.05, 0.1) is 5.75 Å². The smallest absolute Gasteiger partial charge is 0.154 e. The van der Waals surface area contributed by atoms with Crippen molar-refractivity contribution in [3.8, 4) is 0 Å². The minimum absolute atomic E-state index is 0.153. The molecule has 16 heavy (non-hydrogen) atoms. The zero-order chi connectivity index (χ0) is 11.8. The van der Waals surface area contributed by atoms with Crippen molar-refractivity contribution in [1.82, 2.24) is 0 Å². The van der Waals surface area contributed by atoms with Gasteiger partial charge in [0.1, 0.15) is 0 Å². The molecule has 0 spiro atoms. The highest BCUT2D eigenvalue weighted by molar-refractivity contribution is 9.10. The van der Waals surface area contributed by atoms with Crippen LogP contribution in [0.3, 0.4) is 0 Å². The quantitative estimate of drug-likeness (QED) is 0.866. The molecule has 0 saturated heterocycles. The maximum absolute atomic E-state index is 11.5. The number of sulfone groups is 1. The topological polar surface area (TPSA) is 34.1 Å². The number of hydrogen-bond acceptors (Lipinski definition) is 3. The lowest BCUT2D eigenvalue weighted by Gasteiger charge is -1.96. The van der Waals surface area contributed by atoms with Gasteiger partial charge in [-0.05, 0) is 23.6 Å². The van der Waals surface area contributed by atoms with Crippen LogP contribution in [0.1, 0.15) is 11.8 Å². The first-order chi connectivity index (χ1) is 7.50. The molecule has 1 aromatic heterocycles. The molecule has 5 heteroatoms. The van der Waals surface area contributed by atoms with Crippen molar-refractivity contribution in [3.05, 3.63) is 33.6 Å². The van der Waals surface area contributed by atoms with Gasteiger partial charge in [0.15, 0.2) is 9.84 Å². The third-order valence-corrected chi connectivity index (χ3v) is 5.74. The van der Waals surface area contributed by atoms with Crippen LogP contribution in [0, 0.1) is 0 Å². The number of halogens is 1. The lowest BCUT2D eigenvalue weighted by atomic mass is 10.2. The van der Waals surface area contributed by atoms with E-state index in [1.165, 1.54) is 0 Å². The van der Waals surface area contributed by atoms with Gasteiger partial charge in [-0.1, -0.05) is 28.9 Å². The van der Waals surface area contributed by atoms with Gasteiger partial charge in [-0.2, -0.15) is 0 Å². The summed E-state index contributed by atoms with van der Waals surface area (Å²) in [5.74, 6) is 0.353. The highest BCUT2D eigenvalue weighted by Gasteiger charge is 2.11. The molecular weight excluding hydrogens is 308 g/mol. The second kappa shape index (κ2) is 4.47. The average Bonchev–Trinajstić information content (AvgIpc) is 2.58. The molecule has 86 valence electrons. The number of benzene rings is 1. The van der Waals surface area contributed by atoms with Crippen LogP contribution in [0.15, 0.2) is 28.7 Å². The van der Waals surface area contributed by atoms with Crippen molar-refractivity contribution in [2.45, 2.75) is 12.7 Å². The third-order valence-electron chi connectivity index (χ3n) is 2.34. The first kappa shape index (κ1) is 12.1. The Balaban J connectivity index is 2.40. The molecule has 0 fully saturated rings. The molecule has 2 rings (SSSR count). The molecule has 0 radical (unpaired) electrons. The monoisotopic (exact) mass is 318 g/mol. The molecule has 0 aliphatic rings. The molecule has 2 aromatic rings. The van der Waals surface area contributed by atoms with Crippen LogP contribution in [0.4, 0.5) is 0 Å². The van der Waals surface area contributed by atoms with Crippen molar-refractivity contribution in [1.29, 1.82) is 0 Å². The maximum atomic E-state index is 11.5. The van der Waals surface area contributed by atoms with Gasteiger partial charge in [-0.3, -0.25) is 0 Å². The van der Waals surface area contributed by atoms with Crippen LogP contribution in [-0.4, -0.2) is 14.2 Å². The number of fused-ring (bicyclic) bond motifs is 1. The molecule has 0 aliphatic carbocycles. The van der Waals surface area contributed by atoms with Crippen molar-refractivity contribution in [3.63, 3.8) is 0 Å². The Labute approximate surface area is 107 Å². The molecule has 0 N–H and O–H groups in total. The Bertz CT molecular complexity index is 614. The Morgan fingerprint density at radius 1 is 1.31 bits per heavy atom. The fraction of sp³-hybridized carbons (Fsp3) is 0.273. The Hall–Kier alpha value is -0.390. The van der Waals surface area contributed by atoms with Gasteiger partial charge < -0.3 is 0 Å². The number of thiophene rings is 1. The highest BCUT2D eigenvalue weighted by Crippen LogP contribution is 2.29. The molecule has 0 bridgehead atoms. The SMILES string of the molecule is CCS(=O)(=O)Cc1cc2ccc(Br)cc2s1. The summed E-state index contributed by atoms with van der Waals surface area (Å²) in [6.07, 6.45) is 0. The van der Waals surface area contributed by atoms with Gasteiger partial charge in [0.25, 0.3) is 0 Å². The Morgan fingerprint density at radius 3 is 2.75 bits per heavy atom. The van der Waals surface area contributed by atoms with E-state index in [9.17, 15) is 8.42 Å². The summed E-state index contributed by atoms with van der Waals surface area (Å²) in [6, 6.07) is 7.94. The van der Waals surface area contributed by atoms with Crippen LogP contribution in [0.2, 0.25) is 0 Å². The summed E-state index contributed by atoms with van der Waals surface area (Å²) in [5.41, 5.74) is 0. The molecular formula is C11H11BrO2S2. The van der Waals surface area contributed by atoms with Crippen molar-refractivity contribution < 1.29 is 8.42 Å². The summed E-state index contributed by atoms with van der Waals surface area (Å²) >= 11 is 4.95. The highest BCUT2D eigenvalue weighted by atomic mass is 79.9. The zero-order valence-electron chi connectivity index (χ0n) is 8.73. The molecule has 0 saturated carbocycles. The lowest BCUT2D eigenvalue weighted by Crippen LogP contribution is -2.04. The van der Waals surface area contributed by atoms with Gasteiger partial charge >= 0.3 is 0 Å². The minimum atomic E-state index is -2.93. The summed E-state index contributed by atoms with van der Waals surface area (Å²) < 4.78 is 25.2. The number of hydrogen-bond donors (Lipinski definition) is 0. The summed E-state index contributed by atoms with van der Waals surface area (Å²) in [4.78, 5) is 0.912. The maximum Gasteiger partial charge on any atom is 0.154 e. The van der Waals surface area contributed by atoms with Crippen LogP contribution in [0.25, 0.3) is 10.1 Å². The number of rotatable bonds is 3. The Kier molecular flexibility index (Phi) is 3.37. The molecule has 2 nitrogen and oxygen atoms in total. The van der Waals surface area contributed by atoms with E-state index in [-0.39, 0.29) is 11.5 Å². The van der Waals surface area contributed by atoms with Crippen molar-refractivity contribution in [2.75, 3.05) is 5.75 Å². The van der Waals surface area contributed by atoms with E-state index in [1.54, 1.807) is 18.3 Å². The molecule has 0 atom stereocenters. The first-order valence-corrected chi connectivity index (χ1v) is 8.31. The van der Waals surface area contributed by atoms with E-state index in [2.05, 4.69) is 15.9 Å². The molecule has 1 aromatic carbocycles. The second-order valence-electron chi connectivity index (χ2n) is 3.57. The molecule has 1 heterocycles. The van der Waals surface area contributed by atoms with Crippen LogP contribution >= 0.6 is 27.3 Å². The van der Waals surface area contributed by atoms with E-state index < -0.39 is 9.84 Å². The van der Waals surface area contributed by atoms with E-state index in [1.807, 2.05) is 24.3 Å². The fourth-order valence-electron chi connectivity index (χ4n) is 1.45. The summed E-state index contributed by atoms with van der Waals surface area (Å²) in [6.45, 7) is 1.68. The largest absolute Gasteiger partial charge is 0.228 e. The minimum Gasteiger partial charge on any atom is -0.228 e. The third kappa shape index (κ3) is 2.64. The van der Waals surface area contributed by atoms with Gasteiger partial charge in [-0.25, -0.2) is 8.42 Å². The molecule has 0 unspecified atom stereocenters. The zero-order valence-corrected chi connectivity index (χ0v) is 12.0. The fourth-order valence-corrected chi connectivity index (χ4v) is 4.36. The predicted molar refractivity (Wildman–Crippen MR) is 72.7 cm³/mol. The van der Waals surface area contributed by atoms with E-state index in [0.29, 0.717) is 0 Å². The van der Waals surface area contributed by atoms with Crippen LogP contribution < -0.4 is 0 Å². The first-order valence-electron chi connectivity index (χ1n) is 4.88. The van der Waals surface area contributed by atoms with Gasteiger partial charge in [0, 0.05) is 19.8 Å². The van der Waals surface area contributed by atoms with E-state index >= 15 is 0 Å². The van der Waals surface area contributed by atoms with Crippen molar-refractivity contribution >= 4 is 47.2 Å². The Morgan fingerprint density at radius 2 is 2.06 bits per heavy atom. The second-order valence-corrected chi connectivity index (χ2v) is 8.01. The average molecular weight is 319 g/mol. The normalized spacial score (nSPS) is 12.1.